The smallest absolute Gasteiger partial charge is 0.227 e. The third-order valence-electron chi connectivity index (χ3n) is 6.33. The molecule has 4 aromatic rings. The summed E-state index contributed by atoms with van der Waals surface area (Å²) in [6.45, 7) is 2.14. The van der Waals surface area contributed by atoms with Crippen molar-refractivity contribution in [3.05, 3.63) is 84.7 Å². The molecule has 1 aliphatic heterocycles. The highest BCUT2D eigenvalue weighted by Gasteiger charge is 2.34. The maximum absolute atomic E-state index is 13.0. The maximum Gasteiger partial charge on any atom is 0.227 e. The van der Waals surface area contributed by atoms with E-state index in [1.807, 2.05) is 77.7 Å². The Balaban J connectivity index is 1.31. The molecule has 0 spiro atoms. The lowest BCUT2D eigenvalue weighted by atomic mass is 10.1. The number of aromatic nitrogens is 2. The van der Waals surface area contributed by atoms with Gasteiger partial charge in [-0.2, -0.15) is 0 Å². The number of anilines is 1. The molecular weight excluding hydrogens is 426 g/mol. The number of para-hydroxylation sites is 3. The van der Waals surface area contributed by atoms with Gasteiger partial charge in [-0.15, -0.1) is 0 Å². The van der Waals surface area contributed by atoms with Crippen LogP contribution < -0.4 is 14.4 Å². The SMILES string of the molecule is COc1cccc(N2C[C@H](c3nc4ccccc4n3CCCCOc3ccccc3)CC2=O)c1. The fourth-order valence-electron chi connectivity index (χ4n) is 4.63. The summed E-state index contributed by atoms with van der Waals surface area (Å²) < 4.78 is 13.5. The summed E-state index contributed by atoms with van der Waals surface area (Å²) in [5.74, 6) is 2.81. The van der Waals surface area contributed by atoms with Crippen molar-refractivity contribution in [3.8, 4) is 11.5 Å². The van der Waals surface area contributed by atoms with Crippen molar-refractivity contribution < 1.29 is 14.3 Å². The largest absolute Gasteiger partial charge is 0.497 e. The molecule has 1 fully saturated rings. The number of hydrogen-bond donors (Lipinski definition) is 0. The molecule has 3 aromatic carbocycles. The van der Waals surface area contributed by atoms with E-state index in [9.17, 15) is 4.79 Å². The highest BCUT2D eigenvalue weighted by molar-refractivity contribution is 5.96. The molecule has 0 saturated carbocycles. The van der Waals surface area contributed by atoms with Crippen LogP contribution in [0.3, 0.4) is 0 Å². The molecule has 2 heterocycles. The molecule has 1 saturated heterocycles. The first-order valence-electron chi connectivity index (χ1n) is 11.8. The van der Waals surface area contributed by atoms with Gasteiger partial charge in [0.25, 0.3) is 0 Å². The Bertz CT molecular complexity index is 1270. The number of aryl methyl sites for hydroxylation is 1. The molecule has 6 heteroatoms. The van der Waals surface area contributed by atoms with E-state index >= 15 is 0 Å². The quantitative estimate of drug-likeness (QED) is 0.316. The summed E-state index contributed by atoms with van der Waals surface area (Å²) in [4.78, 5) is 19.8. The van der Waals surface area contributed by atoms with Crippen LogP contribution in [0.2, 0.25) is 0 Å². The van der Waals surface area contributed by atoms with Crippen molar-refractivity contribution in [1.82, 2.24) is 9.55 Å². The number of methoxy groups -OCH3 is 1. The van der Waals surface area contributed by atoms with E-state index in [1.54, 1.807) is 7.11 Å². The number of amides is 1. The van der Waals surface area contributed by atoms with E-state index in [-0.39, 0.29) is 11.8 Å². The monoisotopic (exact) mass is 455 g/mol. The molecule has 0 bridgehead atoms. The Morgan fingerprint density at radius 1 is 0.941 bits per heavy atom. The summed E-state index contributed by atoms with van der Waals surface area (Å²) >= 11 is 0. The van der Waals surface area contributed by atoms with E-state index in [0.29, 0.717) is 19.6 Å². The standard InChI is InChI=1S/C28H29N3O3/c1-33-24-13-9-10-22(19-24)31-20-21(18-27(31)32)28-29-25-14-5-6-15-26(25)30(28)16-7-8-17-34-23-11-3-2-4-12-23/h2-6,9-15,19,21H,7-8,16-18,20H2,1H3/t21-/m1/s1. The number of benzene rings is 3. The molecule has 0 N–H and O–H groups in total. The lowest BCUT2D eigenvalue weighted by Gasteiger charge is -2.18. The van der Waals surface area contributed by atoms with E-state index in [1.165, 1.54) is 0 Å². The Hall–Kier alpha value is -3.80. The second-order valence-electron chi connectivity index (χ2n) is 8.59. The van der Waals surface area contributed by atoms with Crippen molar-refractivity contribution in [2.24, 2.45) is 0 Å². The molecule has 6 nitrogen and oxygen atoms in total. The van der Waals surface area contributed by atoms with Crippen LogP contribution in [0, 0.1) is 0 Å². The number of hydrogen-bond acceptors (Lipinski definition) is 4. The van der Waals surface area contributed by atoms with Gasteiger partial charge in [-0.05, 0) is 49.2 Å². The number of nitrogens with zero attached hydrogens (tertiary/aromatic N) is 3. The van der Waals surface area contributed by atoms with Crippen LogP contribution in [0.4, 0.5) is 5.69 Å². The van der Waals surface area contributed by atoms with Gasteiger partial charge >= 0.3 is 0 Å². The Kier molecular flexibility index (Phi) is 6.47. The predicted octanol–water partition coefficient (Wildman–Crippen LogP) is 5.42. The molecule has 5 rings (SSSR count). The van der Waals surface area contributed by atoms with Crippen LogP contribution in [0.25, 0.3) is 11.0 Å². The van der Waals surface area contributed by atoms with Gasteiger partial charge in [-0.25, -0.2) is 4.98 Å². The third kappa shape index (κ3) is 4.62. The van der Waals surface area contributed by atoms with Crippen LogP contribution in [-0.4, -0.2) is 35.7 Å². The van der Waals surface area contributed by atoms with Gasteiger partial charge in [-0.1, -0.05) is 36.4 Å². The normalized spacial score (nSPS) is 15.7. The first-order valence-corrected chi connectivity index (χ1v) is 11.8. The van der Waals surface area contributed by atoms with Crippen LogP contribution in [0.1, 0.15) is 31.0 Å². The van der Waals surface area contributed by atoms with Crippen LogP contribution >= 0.6 is 0 Å². The molecule has 34 heavy (non-hydrogen) atoms. The fraction of sp³-hybridized carbons (Fsp3) is 0.286. The van der Waals surface area contributed by atoms with Crippen LogP contribution in [0.15, 0.2) is 78.9 Å². The Morgan fingerprint density at radius 3 is 2.59 bits per heavy atom. The van der Waals surface area contributed by atoms with Gasteiger partial charge in [0.15, 0.2) is 0 Å². The molecule has 0 aliphatic carbocycles. The second kappa shape index (κ2) is 10.00. The third-order valence-corrected chi connectivity index (χ3v) is 6.33. The van der Waals surface area contributed by atoms with Crippen molar-refractivity contribution in [2.75, 3.05) is 25.2 Å². The lowest BCUT2D eigenvalue weighted by Crippen LogP contribution is -2.24. The predicted molar refractivity (Wildman–Crippen MR) is 134 cm³/mol. The minimum Gasteiger partial charge on any atom is -0.497 e. The lowest BCUT2D eigenvalue weighted by molar-refractivity contribution is -0.117. The first kappa shape index (κ1) is 22.0. The van der Waals surface area contributed by atoms with E-state index in [4.69, 9.17) is 14.5 Å². The zero-order valence-corrected chi connectivity index (χ0v) is 19.4. The molecule has 1 aliphatic rings. The minimum absolute atomic E-state index is 0.0478. The minimum atomic E-state index is 0.0478. The fourth-order valence-corrected chi connectivity index (χ4v) is 4.63. The van der Waals surface area contributed by atoms with Crippen LogP contribution in [0.5, 0.6) is 11.5 Å². The topological polar surface area (TPSA) is 56.6 Å². The summed E-state index contributed by atoms with van der Waals surface area (Å²) in [6.07, 6.45) is 2.37. The molecule has 1 aromatic heterocycles. The molecule has 1 atom stereocenters. The first-order chi connectivity index (χ1) is 16.7. The summed E-state index contributed by atoms with van der Waals surface area (Å²) in [6, 6.07) is 25.8. The Morgan fingerprint density at radius 2 is 1.74 bits per heavy atom. The van der Waals surface area contributed by atoms with E-state index in [0.717, 1.165) is 53.4 Å². The van der Waals surface area contributed by atoms with Gasteiger partial charge in [-0.3, -0.25) is 4.79 Å². The maximum atomic E-state index is 13.0. The molecule has 1 amide bonds. The molecular formula is C28H29N3O3. The number of unbranched alkanes of at least 4 members (excludes halogenated alkanes) is 1. The zero-order chi connectivity index (χ0) is 23.3. The number of fused-ring (bicyclic) bond motifs is 1. The van der Waals surface area contributed by atoms with Gasteiger partial charge < -0.3 is 18.9 Å². The summed E-state index contributed by atoms with van der Waals surface area (Å²) in [5.41, 5.74) is 2.96. The highest BCUT2D eigenvalue weighted by Crippen LogP contribution is 2.34. The van der Waals surface area contributed by atoms with E-state index in [2.05, 4.69) is 10.6 Å². The van der Waals surface area contributed by atoms with Gasteiger partial charge in [0.05, 0.1) is 24.8 Å². The Labute approximate surface area is 199 Å². The van der Waals surface area contributed by atoms with Crippen molar-refractivity contribution >= 4 is 22.6 Å². The number of rotatable bonds is 9. The molecule has 174 valence electrons. The van der Waals surface area contributed by atoms with Gasteiger partial charge in [0, 0.05) is 37.2 Å². The van der Waals surface area contributed by atoms with Crippen molar-refractivity contribution in [1.29, 1.82) is 0 Å². The molecule has 0 unspecified atom stereocenters. The van der Waals surface area contributed by atoms with Crippen molar-refractivity contribution in [3.63, 3.8) is 0 Å². The molecule has 0 radical (unpaired) electrons. The number of carbonyl (C=O) groups excluding carboxylic acids is 1. The van der Waals surface area contributed by atoms with Crippen LogP contribution in [-0.2, 0) is 11.3 Å². The number of imidazole rings is 1. The van der Waals surface area contributed by atoms with E-state index < -0.39 is 0 Å². The average molecular weight is 456 g/mol. The summed E-state index contributed by atoms with van der Waals surface area (Å²) in [5, 5.41) is 0. The van der Waals surface area contributed by atoms with Crippen molar-refractivity contribution in [2.45, 2.75) is 31.7 Å². The number of ether oxygens (including phenoxy) is 2. The zero-order valence-electron chi connectivity index (χ0n) is 19.4. The highest BCUT2D eigenvalue weighted by atomic mass is 16.5. The second-order valence-corrected chi connectivity index (χ2v) is 8.59. The van der Waals surface area contributed by atoms with Gasteiger partial charge in [0.1, 0.15) is 17.3 Å². The summed E-state index contributed by atoms with van der Waals surface area (Å²) in [7, 11) is 1.64. The average Bonchev–Trinajstić information content (AvgIpc) is 3.45. The van der Waals surface area contributed by atoms with Gasteiger partial charge in [0.2, 0.25) is 5.91 Å². The number of carbonyl (C=O) groups is 1.